The van der Waals surface area contributed by atoms with Gasteiger partial charge in [0.1, 0.15) is 5.82 Å². The average molecular weight is 402 g/mol. The van der Waals surface area contributed by atoms with Gasteiger partial charge in [-0.2, -0.15) is 0 Å². The number of carboxylic acid groups (broad SMARTS) is 1. The van der Waals surface area contributed by atoms with Gasteiger partial charge in [-0.15, -0.1) is 0 Å². The van der Waals surface area contributed by atoms with Crippen molar-refractivity contribution in [3.63, 3.8) is 0 Å². The van der Waals surface area contributed by atoms with E-state index in [1.54, 1.807) is 30.3 Å². The molecule has 2 aromatic carbocycles. The second-order valence-electron chi connectivity index (χ2n) is 4.39. The Hall–Kier alpha value is -1.20. The van der Waals surface area contributed by atoms with Gasteiger partial charge in [-0.1, -0.05) is 44.0 Å². The second kappa shape index (κ2) is 6.50. The highest BCUT2D eigenvalue weighted by molar-refractivity contribution is 9.10. The monoisotopic (exact) mass is 400 g/mol. The Morgan fingerprint density at radius 2 is 1.85 bits per heavy atom. The fourth-order valence-electron chi connectivity index (χ4n) is 1.99. The van der Waals surface area contributed by atoms with Crippen LogP contribution in [0.5, 0.6) is 0 Å². The van der Waals surface area contributed by atoms with E-state index in [-0.39, 0.29) is 6.42 Å². The molecule has 0 aliphatic rings. The third kappa shape index (κ3) is 3.67. The van der Waals surface area contributed by atoms with E-state index < -0.39 is 17.7 Å². The molecule has 0 spiro atoms. The summed E-state index contributed by atoms with van der Waals surface area (Å²) in [6.45, 7) is 0. The van der Waals surface area contributed by atoms with Crippen LogP contribution in [-0.4, -0.2) is 11.1 Å². The minimum absolute atomic E-state index is 0.108. The summed E-state index contributed by atoms with van der Waals surface area (Å²) in [6.07, 6.45) is 0.108. The van der Waals surface area contributed by atoms with Gasteiger partial charge in [0.15, 0.2) is 0 Å². The van der Waals surface area contributed by atoms with E-state index >= 15 is 0 Å². The molecule has 1 N–H and O–H groups in total. The summed E-state index contributed by atoms with van der Waals surface area (Å²) in [7, 11) is 0. The summed E-state index contributed by atoms with van der Waals surface area (Å²) < 4.78 is 15.3. The quantitative estimate of drug-likeness (QED) is 0.801. The fourth-order valence-corrected chi connectivity index (χ4v) is 2.82. The molecule has 0 heterocycles. The lowest BCUT2D eigenvalue weighted by Gasteiger charge is -2.14. The van der Waals surface area contributed by atoms with Gasteiger partial charge < -0.3 is 5.11 Å². The minimum Gasteiger partial charge on any atom is -0.481 e. The molecule has 104 valence electrons. The first-order chi connectivity index (χ1) is 9.47. The van der Waals surface area contributed by atoms with Crippen LogP contribution in [0.15, 0.2) is 51.4 Å². The van der Waals surface area contributed by atoms with Crippen molar-refractivity contribution < 1.29 is 14.3 Å². The van der Waals surface area contributed by atoms with E-state index in [9.17, 15) is 14.3 Å². The normalized spacial score (nSPS) is 12.2. The Balaban J connectivity index is 2.35. The number of halogens is 3. The van der Waals surface area contributed by atoms with Crippen molar-refractivity contribution in [2.75, 3.05) is 0 Å². The van der Waals surface area contributed by atoms with Crippen molar-refractivity contribution in [1.82, 2.24) is 0 Å². The van der Waals surface area contributed by atoms with E-state index in [1.165, 1.54) is 6.07 Å². The van der Waals surface area contributed by atoms with Crippen LogP contribution in [0.4, 0.5) is 4.39 Å². The first kappa shape index (κ1) is 15.2. The van der Waals surface area contributed by atoms with Gasteiger partial charge in [0.2, 0.25) is 0 Å². The number of hydrogen-bond acceptors (Lipinski definition) is 1. The molecule has 0 bridgehead atoms. The molecular weight excluding hydrogens is 391 g/mol. The molecule has 0 amide bonds. The van der Waals surface area contributed by atoms with Crippen molar-refractivity contribution in [1.29, 1.82) is 0 Å². The summed E-state index contributed by atoms with van der Waals surface area (Å²) in [5.74, 6) is -2.15. The van der Waals surface area contributed by atoms with Gasteiger partial charge in [0, 0.05) is 8.95 Å². The molecule has 5 heteroatoms. The average Bonchev–Trinajstić information content (AvgIpc) is 2.39. The summed E-state index contributed by atoms with van der Waals surface area (Å²) in [5.41, 5.74) is 1.03. The second-order valence-corrected chi connectivity index (χ2v) is 6.22. The molecule has 2 nitrogen and oxygen atoms in total. The molecule has 0 aromatic heterocycles. The zero-order chi connectivity index (χ0) is 14.7. The summed E-state index contributed by atoms with van der Waals surface area (Å²) in [6, 6.07) is 11.6. The molecule has 0 radical (unpaired) electrons. The summed E-state index contributed by atoms with van der Waals surface area (Å²) >= 11 is 6.59. The maximum atomic E-state index is 13.8. The summed E-state index contributed by atoms with van der Waals surface area (Å²) in [5, 5.41) is 9.39. The number of hydrogen-bond donors (Lipinski definition) is 1. The Morgan fingerprint density at radius 1 is 1.15 bits per heavy atom. The molecule has 1 atom stereocenters. The molecule has 1 unspecified atom stereocenters. The predicted octanol–water partition coefficient (Wildman–Crippen LogP) is 4.76. The maximum absolute atomic E-state index is 13.8. The third-order valence-electron chi connectivity index (χ3n) is 2.98. The Labute approximate surface area is 132 Å². The lowest BCUT2D eigenvalue weighted by Crippen LogP contribution is -2.15. The van der Waals surface area contributed by atoms with Crippen molar-refractivity contribution in [2.24, 2.45) is 0 Å². The topological polar surface area (TPSA) is 37.3 Å². The molecule has 2 aromatic rings. The van der Waals surface area contributed by atoms with E-state index in [2.05, 4.69) is 31.9 Å². The highest BCUT2D eigenvalue weighted by Crippen LogP contribution is 2.26. The number of carbonyl (C=O) groups is 1. The van der Waals surface area contributed by atoms with Crippen molar-refractivity contribution in [3.8, 4) is 0 Å². The van der Waals surface area contributed by atoms with Crippen molar-refractivity contribution in [3.05, 3.63) is 68.4 Å². The first-order valence-corrected chi connectivity index (χ1v) is 7.48. The number of benzene rings is 2. The molecule has 0 aliphatic heterocycles. The van der Waals surface area contributed by atoms with Crippen LogP contribution < -0.4 is 0 Å². The van der Waals surface area contributed by atoms with Gasteiger partial charge in [0.05, 0.1) is 5.92 Å². The van der Waals surface area contributed by atoms with E-state index in [4.69, 9.17) is 0 Å². The van der Waals surface area contributed by atoms with E-state index in [0.717, 1.165) is 8.95 Å². The van der Waals surface area contributed by atoms with Crippen molar-refractivity contribution in [2.45, 2.75) is 12.3 Å². The molecule has 20 heavy (non-hydrogen) atoms. The highest BCUT2D eigenvalue weighted by atomic mass is 79.9. The molecule has 0 aliphatic carbocycles. The van der Waals surface area contributed by atoms with Gasteiger partial charge in [-0.3, -0.25) is 4.79 Å². The van der Waals surface area contributed by atoms with Crippen LogP contribution in [-0.2, 0) is 11.2 Å². The Morgan fingerprint density at radius 3 is 2.50 bits per heavy atom. The number of carboxylic acids is 1. The van der Waals surface area contributed by atoms with E-state index in [0.29, 0.717) is 11.1 Å². The predicted molar refractivity (Wildman–Crippen MR) is 82.3 cm³/mol. The van der Waals surface area contributed by atoms with Crippen LogP contribution in [0.1, 0.15) is 17.0 Å². The number of aliphatic carboxylic acids is 1. The zero-order valence-electron chi connectivity index (χ0n) is 10.3. The fraction of sp³-hybridized carbons (Fsp3) is 0.133. The maximum Gasteiger partial charge on any atom is 0.311 e. The Bertz CT molecular complexity index is 644. The standard InChI is InChI=1S/C15H11Br2FO2/c16-11-3-1-2-9(6-11)13(15(19)20)8-10-7-12(17)4-5-14(10)18/h1-7,13H,8H2,(H,19,20). The van der Waals surface area contributed by atoms with Crippen LogP contribution in [0.25, 0.3) is 0 Å². The lowest BCUT2D eigenvalue weighted by molar-refractivity contribution is -0.138. The van der Waals surface area contributed by atoms with Crippen LogP contribution in [0, 0.1) is 5.82 Å². The molecule has 0 saturated heterocycles. The van der Waals surface area contributed by atoms with E-state index in [1.807, 2.05) is 6.07 Å². The SMILES string of the molecule is O=C(O)C(Cc1cc(Br)ccc1F)c1cccc(Br)c1. The zero-order valence-corrected chi connectivity index (χ0v) is 13.5. The third-order valence-corrected chi connectivity index (χ3v) is 3.97. The highest BCUT2D eigenvalue weighted by Gasteiger charge is 2.22. The van der Waals surface area contributed by atoms with Gasteiger partial charge >= 0.3 is 5.97 Å². The van der Waals surface area contributed by atoms with Crippen molar-refractivity contribution >= 4 is 37.8 Å². The van der Waals surface area contributed by atoms with Crippen LogP contribution >= 0.6 is 31.9 Å². The number of rotatable bonds is 4. The van der Waals surface area contributed by atoms with Crippen LogP contribution in [0.3, 0.4) is 0 Å². The molecule has 0 saturated carbocycles. The van der Waals surface area contributed by atoms with Gasteiger partial charge in [-0.25, -0.2) is 4.39 Å². The first-order valence-electron chi connectivity index (χ1n) is 5.89. The Kier molecular flexibility index (Phi) is 4.94. The molecule has 0 fully saturated rings. The largest absolute Gasteiger partial charge is 0.481 e. The summed E-state index contributed by atoms with van der Waals surface area (Å²) in [4.78, 5) is 11.5. The van der Waals surface area contributed by atoms with Gasteiger partial charge in [0.25, 0.3) is 0 Å². The minimum atomic E-state index is -0.970. The van der Waals surface area contributed by atoms with Crippen LogP contribution in [0.2, 0.25) is 0 Å². The molecule has 2 rings (SSSR count). The van der Waals surface area contributed by atoms with Gasteiger partial charge in [-0.05, 0) is 47.9 Å². The lowest BCUT2D eigenvalue weighted by atomic mass is 9.92. The molecular formula is C15H11Br2FO2. The smallest absolute Gasteiger partial charge is 0.311 e.